The van der Waals surface area contributed by atoms with Gasteiger partial charge in [-0.2, -0.15) is 0 Å². The number of hydrogen-bond acceptors (Lipinski definition) is 4. The van der Waals surface area contributed by atoms with Crippen molar-refractivity contribution in [1.29, 1.82) is 0 Å². The van der Waals surface area contributed by atoms with Crippen molar-refractivity contribution < 1.29 is 17.2 Å². The van der Waals surface area contributed by atoms with Crippen molar-refractivity contribution in [3.8, 4) is 0 Å². The largest absolute Gasteiger partial charge is 0.318 e. The fraction of sp³-hybridized carbons (Fsp3) is 0.154. The smallest absolute Gasteiger partial charge is 0.259 e. The van der Waals surface area contributed by atoms with Crippen molar-refractivity contribution >= 4 is 23.2 Å². The SMILES string of the molecule is [2H]c1nc2c(c([2H])c1[2H])C(=O)N([2H])c1c(nc([2H])c([2H])c1C([2H])([2H])[2H])N2C. The molecule has 3 rings (SSSR count). The van der Waals surface area contributed by atoms with Gasteiger partial charge in [-0.25, -0.2) is 9.97 Å². The first-order valence-electron chi connectivity index (χ1n) is 9.39. The van der Waals surface area contributed by atoms with Crippen LogP contribution in [0.25, 0.3) is 0 Å². The molecule has 0 radical (unpaired) electrons. The van der Waals surface area contributed by atoms with Crippen LogP contribution in [0.15, 0.2) is 30.5 Å². The zero-order valence-electron chi connectivity index (χ0n) is 18.2. The summed E-state index contributed by atoms with van der Waals surface area (Å²) in [5.41, 5.74) is -1.70. The minimum absolute atomic E-state index is 0.187. The van der Waals surface area contributed by atoms with E-state index in [0.29, 0.717) is 0 Å². The van der Waals surface area contributed by atoms with Crippen molar-refractivity contribution in [2.75, 3.05) is 17.3 Å². The van der Waals surface area contributed by atoms with Crippen molar-refractivity contribution in [3.63, 3.8) is 0 Å². The number of amides is 1. The maximum atomic E-state index is 12.8. The lowest BCUT2D eigenvalue weighted by atomic mass is 10.2. The lowest BCUT2D eigenvalue weighted by Gasteiger charge is -2.18. The van der Waals surface area contributed by atoms with E-state index in [1.54, 1.807) is 0 Å². The molecule has 0 atom stereocenters. The zero-order chi connectivity index (χ0) is 20.4. The third-order valence-corrected chi connectivity index (χ3v) is 2.48. The summed E-state index contributed by atoms with van der Waals surface area (Å²) in [6, 6.07) is -2.01. The number of fused-ring (bicyclic) bond motifs is 2. The van der Waals surface area contributed by atoms with E-state index in [9.17, 15) is 4.79 Å². The molecule has 3 heterocycles. The summed E-state index contributed by atoms with van der Waals surface area (Å²) in [5.74, 6) is -1.71. The van der Waals surface area contributed by atoms with E-state index in [0.717, 1.165) is 4.90 Å². The molecule has 1 aliphatic rings. The fourth-order valence-corrected chi connectivity index (χ4v) is 1.63. The van der Waals surface area contributed by atoms with E-state index >= 15 is 0 Å². The Labute approximate surface area is 117 Å². The molecule has 5 nitrogen and oxygen atoms in total. The topological polar surface area (TPSA) is 58.1 Å². The summed E-state index contributed by atoms with van der Waals surface area (Å²) in [7, 11) is 1.32. The summed E-state index contributed by atoms with van der Waals surface area (Å²) in [5, 5.41) is 0.187. The molecule has 1 aliphatic heterocycles. The van der Waals surface area contributed by atoms with Crippen LogP contribution in [0.1, 0.15) is 26.9 Å². The Morgan fingerprint density at radius 1 is 1.39 bits per heavy atom. The first-order valence-corrected chi connectivity index (χ1v) is 4.94. The molecule has 0 bridgehead atoms. The van der Waals surface area contributed by atoms with Gasteiger partial charge in [-0.3, -0.25) is 4.79 Å². The number of hydrogen-bond donors (Lipinski definition) is 1. The first kappa shape index (κ1) is 4.68. The number of pyridine rings is 2. The van der Waals surface area contributed by atoms with E-state index in [1.807, 2.05) is 0 Å². The van der Waals surface area contributed by atoms with Crippen LogP contribution in [0.4, 0.5) is 17.3 Å². The van der Waals surface area contributed by atoms with E-state index in [4.69, 9.17) is 12.4 Å². The highest BCUT2D eigenvalue weighted by atomic mass is 16.1. The minimum atomic E-state index is -2.92. The number of nitrogens with one attached hydrogen (secondary N) is 1. The molecule has 0 aliphatic carbocycles. The summed E-state index contributed by atoms with van der Waals surface area (Å²) in [6.45, 7) is -2.92. The Balaban J connectivity index is 2.47. The number of anilines is 3. The second-order valence-corrected chi connectivity index (χ2v) is 3.54. The average Bonchev–Trinajstić information content (AvgIpc) is 2.64. The molecular weight excluding hydrogens is 228 g/mol. The normalized spacial score (nSPS) is 21.8. The molecular formula is C13H12N4O. The standard InChI is InChI=1S/C13H12N4O/c1-8-5-7-15-12-10(8)16-13(18)9-4-3-6-14-11(9)17(12)2/h3-7H,1-2H3,(H,16,18)/i1D3,3D,4D,5D,6D,7D/hD. The third-order valence-electron chi connectivity index (χ3n) is 2.48. The minimum Gasteiger partial charge on any atom is -0.318 e. The van der Waals surface area contributed by atoms with Crippen LogP contribution in [-0.2, 0) is 0 Å². The van der Waals surface area contributed by atoms with Gasteiger partial charge in [0.2, 0.25) is 0 Å². The van der Waals surface area contributed by atoms with E-state index in [-0.39, 0.29) is 16.9 Å². The highest BCUT2D eigenvalue weighted by Crippen LogP contribution is 2.35. The summed E-state index contributed by atoms with van der Waals surface area (Å²) in [4.78, 5) is 21.5. The van der Waals surface area contributed by atoms with E-state index < -0.39 is 60.0 Å². The van der Waals surface area contributed by atoms with Crippen LogP contribution in [0.3, 0.4) is 0 Å². The first-order chi connectivity index (χ1) is 12.4. The van der Waals surface area contributed by atoms with Gasteiger partial charge < -0.3 is 10.2 Å². The number of carbonyl (C=O) groups excluding carboxylic acids is 1. The number of aromatic nitrogens is 2. The molecule has 1 amide bonds. The van der Waals surface area contributed by atoms with E-state index in [2.05, 4.69) is 9.97 Å². The molecule has 0 aromatic carbocycles. The maximum Gasteiger partial charge on any atom is 0.259 e. The second-order valence-electron chi connectivity index (χ2n) is 3.54. The van der Waals surface area contributed by atoms with Crippen LogP contribution in [0, 0.1) is 6.85 Å². The quantitative estimate of drug-likeness (QED) is 0.777. The molecule has 2 aromatic heterocycles. The highest BCUT2D eigenvalue weighted by molar-refractivity contribution is 6.11. The van der Waals surface area contributed by atoms with Gasteiger partial charge in [0.1, 0.15) is 5.82 Å². The van der Waals surface area contributed by atoms with Gasteiger partial charge in [-0.1, -0.05) is 0 Å². The van der Waals surface area contributed by atoms with Gasteiger partial charge >= 0.3 is 0 Å². The maximum absolute atomic E-state index is 12.8. The van der Waals surface area contributed by atoms with Gasteiger partial charge in [-0.05, 0) is 30.5 Å². The zero-order valence-corrected chi connectivity index (χ0v) is 9.20. The van der Waals surface area contributed by atoms with Crippen molar-refractivity contribution in [1.82, 2.24) is 9.97 Å². The fourth-order valence-electron chi connectivity index (χ4n) is 1.63. The van der Waals surface area contributed by atoms with Crippen LogP contribution >= 0.6 is 0 Å². The Hall–Kier alpha value is -2.43. The Bertz CT molecular complexity index is 991. The monoisotopic (exact) mass is 249 g/mol. The molecule has 2 aromatic rings. The summed E-state index contributed by atoms with van der Waals surface area (Å²) < 4.78 is 70.2. The van der Waals surface area contributed by atoms with Gasteiger partial charge in [0.15, 0.2) is 7.23 Å². The lowest BCUT2D eigenvalue weighted by molar-refractivity contribution is 0.102. The number of rotatable bonds is 0. The summed E-state index contributed by atoms with van der Waals surface area (Å²) >= 11 is 0. The predicted molar refractivity (Wildman–Crippen MR) is 69.2 cm³/mol. The predicted octanol–water partition coefficient (Wildman–Crippen LogP) is 2.12. The lowest BCUT2D eigenvalue weighted by Crippen LogP contribution is -2.14. The van der Waals surface area contributed by atoms with Gasteiger partial charge in [0.05, 0.1) is 18.1 Å². The molecule has 18 heavy (non-hydrogen) atoms. The average molecular weight is 249 g/mol. The molecule has 5 heteroatoms. The van der Waals surface area contributed by atoms with Crippen LogP contribution in [0.5, 0.6) is 0 Å². The molecule has 0 saturated carbocycles. The number of carbonyl (C=O) groups is 1. The Morgan fingerprint density at radius 3 is 3.06 bits per heavy atom. The van der Waals surface area contributed by atoms with Crippen molar-refractivity contribution in [2.24, 2.45) is 0 Å². The van der Waals surface area contributed by atoms with E-state index in [1.165, 1.54) is 7.05 Å². The van der Waals surface area contributed by atoms with Gasteiger partial charge in [-0.15, -0.1) is 0 Å². The van der Waals surface area contributed by atoms with Crippen LogP contribution < -0.4 is 10.2 Å². The molecule has 0 saturated heterocycles. The van der Waals surface area contributed by atoms with Gasteiger partial charge in [0.25, 0.3) is 5.91 Å². The molecule has 0 fully saturated rings. The number of nitrogens with zero attached hydrogens (tertiary/aromatic N) is 3. The second kappa shape index (κ2) is 3.80. The molecule has 0 unspecified atom stereocenters. The highest BCUT2D eigenvalue weighted by Gasteiger charge is 2.25. The third kappa shape index (κ3) is 1.44. The molecule has 90 valence electrons. The van der Waals surface area contributed by atoms with Crippen molar-refractivity contribution in [2.45, 2.75) is 6.85 Å². The Morgan fingerprint density at radius 2 is 2.22 bits per heavy atom. The summed E-state index contributed by atoms with van der Waals surface area (Å²) in [6.07, 6.45) is -1.26. The Kier molecular flexibility index (Phi) is 0.989. The molecule has 1 N–H and O–H groups in total. The van der Waals surface area contributed by atoms with Crippen molar-refractivity contribution in [3.05, 3.63) is 41.6 Å². The van der Waals surface area contributed by atoms with Crippen LogP contribution in [-0.4, -0.2) is 22.9 Å². The van der Waals surface area contributed by atoms with Crippen LogP contribution in [0.2, 0.25) is 1.41 Å². The molecule has 0 spiro atoms. The van der Waals surface area contributed by atoms with Gasteiger partial charge in [0, 0.05) is 23.5 Å².